The number of likely N-dealkylation sites (tertiary alicyclic amines) is 1. The van der Waals surface area contributed by atoms with Gasteiger partial charge >= 0.3 is 6.61 Å². The molecule has 0 bridgehead atoms. The Morgan fingerprint density at radius 3 is 2.33 bits per heavy atom. The van der Waals surface area contributed by atoms with Crippen molar-refractivity contribution in [3.05, 3.63) is 29.8 Å². The molecule has 0 radical (unpaired) electrons. The normalized spacial score (nSPS) is 21.3. The van der Waals surface area contributed by atoms with E-state index >= 15 is 0 Å². The van der Waals surface area contributed by atoms with Crippen LogP contribution in [-0.4, -0.2) is 36.8 Å². The fourth-order valence-corrected chi connectivity index (χ4v) is 3.76. The Morgan fingerprint density at radius 1 is 0.958 bits per heavy atom. The second-order valence-electron chi connectivity index (χ2n) is 6.86. The van der Waals surface area contributed by atoms with Crippen LogP contribution in [0.15, 0.2) is 24.3 Å². The molecule has 2 aliphatic rings. The van der Waals surface area contributed by atoms with Crippen molar-refractivity contribution in [2.45, 2.75) is 70.3 Å². The van der Waals surface area contributed by atoms with Crippen LogP contribution in [0.25, 0.3) is 0 Å². The van der Waals surface area contributed by atoms with Gasteiger partial charge in [-0.3, -0.25) is 4.90 Å². The molecule has 0 atom stereocenters. The number of ether oxygens (including phenoxy) is 2. The van der Waals surface area contributed by atoms with Crippen LogP contribution in [0.4, 0.5) is 8.78 Å². The van der Waals surface area contributed by atoms with Crippen molar-refractivity contribution < 1.29 is 18.3 Å². The maximum Gasteiger partial charge on any atom is 0.387 e. The quantitative estimate of drug-likeness (QED) is 0.756. The Labute approximate surface area is 142 Å². The number of rotatable bonds is 6. The maximum atomic E-state index is 12.5. The highest BCUT2D eigenvalue weighted by molar-refractivity contribution is 5.33. The lowest BCUT2D eigenvalue weighted by Gasteiger charge is -2.35. The Bertz CT molecular complexity index is 498. The molecule has 5 heteroatoms. The van der Waals surface area contributed by atoms with Crippen molar-refractivity contribution in [1.82, 2.24) is 4.90 Å². The second kappa shape index (κ2) is 8.77. The van der Waals surface area contributed by atoms with E-state index in [4.69, 9.17) is 4.74 Å². The van der Waals surface area contributed by atoms with Crippen LogP contribution in [0.3, 0.4) is 0 Å². The fraction of sp³-hybridized carbons (Fsp3) is 0.684. The van der Waals surface area contributed by atoms with E-state index in [1.807, 2.05) is 12.1 Å². The number of benzene rings is 1. The van der Waals surface area contributed by atoms with Gasteiger partial charge in [-0.25, -0.2) is 0 Å². The molecule has 134 valence electrons. The molecule has 0 spiro atoms. The molecule has 1 heterocycles. The van der Waals surface area contributed by atoms with Crippen LogP contribution < -0.4 is 4.74 Å². The molecular formula is C19H27F2NO2. The summed E-state index contributed by atoms with van der Waals surface area (Å²) >= 11 is 0. The molecule has 1 aliphatic carbocycles. The summed E-state index contributed by atoms with van der Waals surface area (Å²) in [5.74, 6) is 0.285. The molecule has 1 aliphatic heterocycles. The third-order valence-corrected chi connectivity index (χ3v) is 5.05. The van der Waals surface area contributed by atoms with Crippen LogP contribution in [0, 0.1) is 0 Å². The molecule has 0 amide bonds. The van der Waals surface area contributed by atoms with E-state index < -0.39 is 6.61 Å². The molecule has 1 saturated heterocycles. The Hall–Kier alpha value is -1.20. The molecular weight excluding hydrogens is 312 g/mol. The van der Waals surface area contributed by atoms with Crippen molar-refractivity contribution in [1.29, 1.82) is 0 Å². The first kappa shape index (κ1) is 17.6. The first-order chi connectivity index (χ1) is 11.7. The van der Waals surface area contributed by atoms with E-state index in [1.54, 1.807) is 12.1 Å². The van der Waals surface area contributed by atoms with Gasteiger partial charge in [0.2, 0.25) is 0 Å². The van der Waals surface area contributed by atoms with Gasteiger partial charge in [-0.05, 0) is 31.7 Å². The highest BCUT2D eigenvalue weighted by Crippen LogP contribution is 2.27. The lowest BCUT2D eigenvalue weighted by molar-refractivity contribution is -0.0579. The SMILES string of the molecule is FC(F)Oc1ccccc1CN1CCC(OC2CCCCC2)CC1. The van der Waals surface area contributed by atoms with Gasteiger partial charge in [0.15, 0.2) is 0 Å². The van der Waals surface area contributed by atoms with Crippen LogP contribution in [0.1, 0.15) is 50.5 Å². The van der Waals surface area contributed by atoms with E-state index in [2.05, 4.69) is 9.64 Å². The Balaban J connectivity index is 1.47. The van der Waals surface area contributed by atoms with E-state index in [0.29, 0.717) is 18.8 Å². The molecule has 3 rings (SSSR count). The largest absolute Gasteiger partial charge is 0.434 e. The molecule has 1 aromatic rings. The zero-order valence-corrected chi connectivity index (χ0v) is 14.1. The van der Waals surface area contributed by atoms with Gasteiger partial charge in [0.1, 0.15) is 5.75 Å². The van der Waals surface area contributed by atoms with Crippen molar-refractivity contribution in [3.8, 4) is 5.75 Å². The smallest absolute Gasteiger partial charge is 0.387 e. The summed E-state index contributed by atoms with van der Waals surface area (Å²) in [6, 6.07) is 7.07. The summed E-state index contributed by atoms with van der Waals surface area (Å²) in [6.07, 6.45) is 9.21. The molecule has 0 N–H and O–H groups in total. The van der Waals surface area contributed by atoms with Gasteiger partial charge < -0.3 is 9.47 Å². The van der Waals surface area contributed by atoms with Gasteiger partial charge in [0, 0.05) is 25.2 Å². The molecule has 0 unspecified atom stereocenters. The highest BCUT2D eigenvalue weighted by atomic mass is 19.3. The standard InChI is InChI=1S/C19H27F2NO2/c20-19(21)24-18-9-5-4-6-15(18)14-22-12-10-17(11-13-22)23-16-7-2-1-3-8-16/h4-6,9,16-17,19H,1-3,7-8,10-14H2. The Kier molecular flexibility index (Phi) is 6.44. The lowest BCUT2D eigenvalue weighted by atomic mass is 9.97. The molecule has 0 aromatic heterocycles. The van der Waals surface area contributed by atoms with Crippen LogP contribution in [0.2, 0.25) is 0 Å². The average Bonchev–Trinajstić information content (AvgIpc) is 2.59. The summed E-state index contributed by atoms with van der Waals surface area (Å²) in [7, 11) is 0. The minimum atomic E-state index is -2.78. The Morgan fingerprint density at radius 2 is 1.62 bits per heavy atom. The third kappa shape index (κ3) is 5.15. The van der Waals surface area contributed by atoms with Gasteiger partial charge in [-0.2, -0.15) is 8.78 Å². The van der Waals surface area contributed by atoms with Crippen molar-refractivity contribution >= 4 is 0 Å². The average molecular weight is 339 g/mol. The number of hydrogen-bond donors (Lipinski definition) is 0. The van der Waals surface area contributed by atoms with Gasteiger partial charge in [-0.1, -0.05) is 37.5 Å². The minimum Gasteiger partial charge on any atom is -0.434 e. The topological polar surface area (TPSA) is 21.7 Å². The molecule has 24 heavy (non-hydrogen) atoms. The molecule has 1 aromatic carbocycles. The van der Waals surface area contributed by atoms with Crippen molar-refractivity contribution in [2.24, 2.45) is 0 Å². The van der Waals surface area contributed by atoms with Crippen molar-refractivity contribution in [3.63, 3.8) is 0 Å². The number of piperidine rings is 1. The number of para-hydroxylation sites is 1. The van der Waals surface area contributed by atoms with Crippen LogP contribution >= 0.6 is 0 Å². The van der Waals surface area contributed by atoms with Gasteiger partial charge in [-0.15, -0.1) is 0 Å². The number of hydrogen-bond acceptors (Lipinski definition) is 3. The molecule has 1 saturated carbocycles. The number of halogens is 2. The highest BCUT2D eigenvalue weighted by Gasteiger charge is 2.24. The zero-order chi connectivity index (χ0) is 16.8. The van der Waals surface area contributed by atoms with Gasteiger partial charge in [0.05, 0.1) is 12.2 Å². The van der Waals surface area contributed by atoms with E-state index in [1.165, 1.54) is 32.1 Å². The lowest BCUT2D eigenvalue weighted by Crippen LogP contribution is -2.38. The third-order valence-electron chi connectivity index (χ3n) is 5.05. The van der Waals surface area contributed by atoms with E-state index in [9.17, 15) is 8.78 Å². The predicted octanol–water partition coefficient (Wildman–Crippen LogP) is 4.60. The molecule has 3 nitrogen and oxygen atoms in total. The summed E-state index contributed by atoms with van der Waals surface area (Å²) in [4.78, 5) is 2.30. The first-order valence-electron chi connectivity index (χ1n) is 9.11. The van der Waals surface area contributed by atoms with Crippen LogP contribution in [0.5, 0.6) is 5.75 Å². The van der Waals surface area contributed by atoms with E-state index in [0.717, 1.165) is 31.5 Å². The maximum absolute atomic E-state index is 12.5. The summed E-state index contributed by atoms with van der Waals surface area (Å²) in [5.41, 5.74) is 0.824. The fourth-order valence-electron chi connectivity index (χ4n) is 3.76. The van der Waals surface area contributed by atoms with E-state index in [-0.39, 0.29) is 5.75 Å². The molecule has 2 fully saturated rings. The number of alkyl halides is 2. The van der Waals surface area contributed by atoms with Crippen molar-refractivity contribution in [2.75, 3.05) is 13.1 Å². The summed E-state index contributed by atoms with van der Waals surface area (Å²) in [6.45, 7) is -0.236. The van der Waals surface area contributed by atoms with Gasteiger partial charge in [0.25, 0.3) is 0 Å². The number of nitrogens with zero attached hydrogens (tertiary/aromatic N) is 1. The zero-order valence-electron chi connectivity index (χ0n) is 14.1. The minimum absolute atomic E-state index is 0.285. The second-order valence-corrected chi connectivity index (χ2v) is 6.86. The summed E-state index contributed by atoms with van der Waals surface area (Å²) < 4.78 is 35.9. The monoisotopic (exact) mass is 339 g/mol. The predicted molar refractivity (Wildman–Crippen MR) is 89.3 cm³/mol. The summed E-state index contributed by atoms with van der Waals surface area (Å²) in [5, 5.41) is 0. The first-order valence-corrected chi connectivity index (χ1v) is 9.11. The van der Waals surface area contributed by atoms with Crippen LogP contribution in [-0.2, 0) is 11.3 Å².